The molecule has 1 aliphatic rings. The first-order valence-corrected chi connectivity index (χ1v) is 9.40. The van der Waals surface area contributed by atoms with E-state index in [1.807, 2.05) is 42.5 Å². The highest BCUT2D eigenvalue weighted by molar-refractivity contribution is 6.12. The maximum atomic E-state index is 14.6. The molecule has 1 unspecified atom stereocenters. The fourth-order valence-electron chi connectivity index (χ4n) is 3.56. The zero-order chi connectivity index (χ0) is 19.9. The van der Waals surface area contributed by atoms with Crippen molar-refractivity contribution >= 4 is 17.3 Å². The van der Waals surface area contributed by atoms with Gasteiger partial charge in [-0.3, -0.25) is 9.69 Å². The van der Waals surface area contributed by atoms with Crippen LogP contribution in [0.15, 0.2) is 72.8 Å². The van der Waals surface area contributed by atoms with E-state index in [1.54, 1.807) is 29.2 Å². The number of carbonyl (C=O) groups excluding carboxylic acids is 1. The van der Waals surface area contributed by atoms with Gasteiger partial charge in [0.25, 0.3) is 5.91 Å². The number of halogens is 1. The van der Waals surface area contributed by atoms with Crippen LogP contribution < -0.4 is 10.2 Å². The lowest BCUT2D eigenvalue weighted by Crippen LogP contribution is -2.43. The summed E-state index contributed by atoms with van der Waals surface area (Å²) in [6, 6.07) is 21.8. The lowest BCUT2D eigenvalue weighted by atomic mass is 9.87. The number of amides is 1. The molecule has 0 spiro atoms. The van der Waals surface area contributed by atoms with Crippen molar-refractivity contribution in [1.29, 1.82) is 0 Å². The molecule has 0 saturated heterocycles. The number of para-hydroxylation sites is 1. The molecule has 28 heavy (non-hydrogen) atoms. The minimum atomic E-state index is -0.621. The molecule has 0 aliphatic carbocycles. The van der Waals surface area contributed by atoms with Gasteiger partial charge in [-0.15, -0.1) is 0 Å². The van der Waals surface area contributed by atoms with Gasteiger partial charge in [-0.05, 0) is 41.3 Å². The monoisotopic (exact) mass is 374 g/mol. The Hall–Kier alpha value is -3.14. The van der Waals surface area contributed by atoms with Crippen LogP contribution in [0, 0.1) is 5.82 Å². The molecule has 0 radical (unpaired) electrons. The molecule has 4 rings (SSSR count). The summed E-state index contributed by atoms with van der Waals surface area (Å²) in [6.45, 7) is 6.44. The summed E-state index contributed by atoms with van der Waals surface area (Å²) in [5.41, 5.74) is 3.65. The van der Waals surface area contributed by atoms with E-state index in [2.05, 4.69) is 26.1 Å². The second-order valence-corrected chi connectivity index (χ2v) is 8.09. The van der Waals surface area contributed by atoms with Crippen molar-refractivity contribution in [3.8, 4) is 0 Å². The second-order valence-electron chi connectivity index (χ2n) is 8.09. The van der Waals surface area contributed by atoms with Gasteiger partial charge in [0.15, 0.2) is 0 Å². The van der Waals surface area contributed by atoms with E-state index in [0.29, 0.717) is 16.8 Å². The number of hydrogen-bond acceptors (Lipinski definition) is 2. The van der Waals surface area contributed by atoms with Gasteiger partial charge in [0.2, 0.25) is 0 Å². The zero-order valence-corrected chi connectivity index (χ0v) is 16.2. The number of benzene rings is 3. The van der Waals surface area contributed by atoms with E-state index in [9.17, 15) is 9.18 Å². The van der Waals surface area contributed by atoms with Crippen molar-refractivity contribution < 1.29 is 9.18 Å². The Balaban J connectivity index is 1.84. The second kappa shape index (κ2) is 6.79. The van der Waals surface area contributed by atoms with E-state index in [1.165, 1.54) is 11.6 Å². The number of hydrogen-bond donors (Lipinski definition) is 1. The molecule has 142 valence electrons. The Kier molecular flexibility index (Phi) is 4.42. The maximum absolute atomic E-state index is 14.6. The molecule has 1 aliphatic heterocycles. The van der Waals surface area contributed by atoms with Crippen LogP contribution in [0.25, 0.3) is 0 Å². The number of fused-ring (bicyclic) bond motifs is 1. The van der Waals surface area contributed by atoms with E-state index in [-0.39, 0.29) is 17.1 Å². The summed E-state index contributed by atoms with van der Waals surface area (Å²) in [7, 11) is 0. The van der Waals surface area contributed by atoms with E-state index >= 15 is 0 Å². The van der Waals surface area contributed by atoms with Gasteiger partial charge in [-0.1, -0.05) is 63.2 Å². The fraction of sp³-hybridized carbons (Fsp3) is 0.208. The Morgan fingerprint density at radius 1 is 0.893 bits per heavy atom. The Morgan fingerprint density at radius 3 is 2.21 bits per heavy atom. The van der Waals surface area contributed by atoms with Gasteiger partial charge in [0.05, 0.1) is 5.56 Å². The predicted molar refractivity (Wildman–Crippen MR) is 111 cm³/mol. The van der Waals surface area contributed by atoms with Crippen LogP contribution >= 0.6 is 0 Å². The molecular formula is C24H23FN2O. The SMILES string of the molecule is CC(C)(C)c1ccc(N2C(=O)c3ccccc3NC2c2ccccc2F)cc1. The lowest BCUT2D eigenvalue weighted by molar-refractivity contribution is 0.0974. The first-order chi connectivity index (χ1) is 13.4. The highest BCUT2D eigenvalue weighted by Crippen LogP contribution is 2.38. The van der Waals surface area contributed by atoms with E-state index in [0.717, 1.165) is 5.69 Å². The van der Waals surface area contributed by atoms with Crippen LogP contribution in [0.2, 0.25) is 0 Å². The predicted octanol–water partition coefficient (Wildman–Crippen LogP) is 5.89. The normalized spacial score (nSPS) is 16.5. The highest BCUT2D eigenvalue weighted by Gasteiger charge is 2.35. The molecule has 1 heterocycles. The highest BCUT2D eigenvalue weighted by atomic mass is 19.1. The standard InChI is InChI=1S/C24H23FN2O/c1-24(2,3)16-12-14-17(15-13-16)27-22(18-8-4-6-10-20(18)25)26-21-11-7-5-9-19(21)23(27)28/h4-15,22,26H,1-3H3. The van der Waals surface area contributed by atoms with Crippen molar-refractivity contribution in [2.24, 2.45) is 0 Å². The number of anilines is 2. The smallest absolute Gasteiger partial charge is 0.262 e. The summed E-state index contributed by atoms with van der Waals surface area (Å²) >= 11 is 0. The Morgan fingerprint density at radius 2 is 1.54 bits per heavy atom. The van der Waals surface area contributed by atoms with Crippen molar-refractivity contribution in [2.45, 2.75) is 32.4 Å². The van der Waals surface area contributed by atoms with Gasteiger partial charge in [0.1, 0.15) is 12.0 Å². The van der Waals surface area contributed by atoms with Crippen LogP contribution in [0.3, 0.4) is 0 Å². The third-order valence-electron chi connectivity index (χ3n) is 5.14. The third-order valence-corrected chi connectivity index (χ3v) is 5.14. The number of nitrogens with zero attached hydrogens (tertiary/aromatic N) is 1. The number of nitrogens with one attached hydrogen (secondary N) is 1. The van der Waals surface area contributed by atoms with Crippen LogP contribution in [-0.2, 0) is 5.41 Å². The third kappa shape index (κ3) is 3.15. The number of carbonyl (C=O) groups is 1. The molecule has 1 amide bonds. The largest absolute Gasteiger partial charge is 0.360 e. The van der Waals surface area contributed by atoms with Crippen molar-refractivity contribution in [2.75, 3.05) is 10.2 Å². The van der Waals surface area contributed by atoms with Gasteiger partial charge in [-0.2, -0.15) is 0 Å². The van der Waals surface area contributed by atoms with Gasteiger partial charge in [-0.25, -0.2) is 4.39 Å². The molecule has 1 atom stereocenters. The van der Waals surface area contributed by atoms with E-state index < -0.39 is 6.17 Å². The molecule has 0 bridgehead atoms. The molecule has 0 saturated carbocycles. The summed E-state index contributed by atoms with van der Waals surface area (Å²) in [6.07, 6.45) is -0.621. The minimum absolute atomic E-state index is 0.0141. The Labute approximate surface area is 164 Å². The van der Waals surface area contributed by atoms with Crippen LogP contribution in [0.5, 0.6) is 0 Å². The summed E-state index contributed by atoms with van der Waals surface area (Å²) in [5, 5.41) is 3.34. The number of rotatable bonds is 2. The van der Waals surface area contributed by atoms with E-state index in [4.69, 9.17) is 0 Å². The average Bonchev–Trinajstić information content (AvgIpc) is 2.68. The quantitative estimate of drug-likeness (QED) is 0.606. The molecule has 0 fully saturated rings. The van der Waals surface area contributed by atoms with Gasteiger partial charge < -0.3 is 5.32 Å². The van der Waals surface area contributed by atoms with Crippen molar-refractivity contribution in [3.05, 3.63) is 95.3 Å². The summed E-state index contributed by atoms with van der Waals surface area (Å²) in [5.74, 6) is -0.491. The fourth-order valence-corrected chi connectivity index (χ4v) is 3.56. The minimum Gasteiger partial charge on any atom is -0.360 e. The summed E-state index contributed by atoms with van der Waals surface area (Å²) < 4.78 is 14.6. The average molecular weight is 374 g/mol. The molecular weight excluding hydrogens is 351 g/mol. The van der Waals surface area contributed by atoms with Gasteiger partial charge >= 0.3 is 0 Å². The first kappa shape index (κ1) is 18.2. The van der Waals surface area contributed by atoms with Gasteiger partial charge in [0, 0.05) is 16.9 Å². The molecule has 3 nitrogen and oxygen atoms in total. The topological polar surface area (TPSA) is 32.3 Å². The first-order valence-electron chi connectivity index (χ1n) is 9.40. The molecule has 0 aromatic heterocycles. The lowest BCUT2D eigenvalue weighted by Gasteiger charge is -2.38. The Bertz CT molecular complexity index is 1020. The summed E-state index contributed by atoms with van der Waals surface area (Å²) in [4.78, 5) is 15.0. The van der Waals surface area contributed by atoms with Crippen molar-refractivity contribution in [3.63, 3.8) is 0 Å². The molecule has 1 N–H and O–H groups in total. The maximum Gasteiger partial charge on any atom is 0.262 e. The molecule has 3 aromatic carbocycles. The zero-order valence-electron chi connectivity index (χ0n) is 16.2. The van der Waals surface area contributed by atoms with Crippen LogP contribution in [0.1, 0.15) is 48.4 Å². The van der Waals surface area contributed by atoms with Crippen molar-refractivity contribution in [1.82, 2.24) is 0 Å². The van der Waals surface area contributed by atoms with Crippen LogP contribution in [-0.4, -0.2) is 5.91 Å². The molecule has 3 aromatic rings. The molecule has 4 heteroatoms. The van der Waals surface area contributed by atoms with Crippen LogP contribution in [0.4, 0.5) is 15.8 Å².